The van der Waals surface area contributed by atoms with E-state index >= 15 is 0 Å². The van der Waals surface area contributed by atoms with Crippen molar-refractivity contribution in [1.82, 2.24) is 0 Å². The number of hydrogen-bond donors (Lipinski definition) is 0. The maximum absolute atomic E-state index is 7.32. The normalized spacial score (nSPS) is 23.3. The van der Waals surface area contributed by atoms with E-state index in [4.69, 9.17) is 23.4 Å². The van der Waals surface area contributed by atoms with Crippen LogP contribution in [-0.2, 0) is 36.6 Å². The van der Waals surface area contributed by atoms with E-state index in [0.717, 1.165) is 36.0 Å². The van der Waals surface area contributed by atoms with Crippen molar-refractivity contribution in [3.05, 3.63) is 145 Å². The van der Waals surface area contributed by atoms with Crippen LogP contribution in [0.25, 0.3) is 0 Å². The Morgan fingerprint density at radius 1 is 0.688 bits per heavy atom. The van der Waals surface area contributed by atoms with Crippen LogP contribution in [0.1, 0.15) is 51.2 Å². The highest BCUT2D eigenvalue weighted by Gasteiger charge is 2.51. The van der Waals surface area contributed by atoms with Gasteiger partial charge in [-0.1, -0.05) is 149 Å². The first-order valence-electron chi connectivity index (χ1n) is 17.3. The first kappa shape index (κ1) is 34.5. The van der Waals surface area contributed by atoms with E-state index in [2.05, 4.69) is 112 Å². The quantitative estimate of drug-likeness (QED) is 0.115. The van der Waals surface area contributed by atoms with Gasteiger partial charge in [-0.25, -0.2) is 0 Å². The molecule has 0 bridgehead atoms. The molecule has 252 valence electrons. The van der Waals surface area contributed by atoms with E-state index in [0.29, 0.717) is 26.4 Å². The molecular formula is C42H50O5Si. The standard InChI is InChI=1S/C42H50O5Si/c1-32-25-26-37-39(27-38(44-29-34-19-11-6-12-20-34)41(46-37)30-43-28-33-17-9-5-10-18-33)47-40(32)31-45-48(42(2,3)4,35-21-13-7-14-22-35)36-23-15-8-16-24-36/h5-24,37-41H,1,25-31H2,2-4H3/t37-,38-,39+,40-,41+/m0/s1. The Labute approximate surface area is 288 Å². The minimum absolute atomic E-state index is 0.0680. The zero-order chi connectivity index (χ0) is 33.4. The lowest BCUT2D eigenvalue weighted by atomic mass is 9.95. The molecular weight excluding hydrogens is 613 g/mol. The summed E-state index contributed by atoms with van der Waals surface area (Å²) in [6, 6.07) is 42.1. The summed E-state index contributed by atoms with van der Waals surface area (Å²) in [6.07, 6.45) is 1.57. The molecule has 0 saturated carbocycles. The fraction of sp³-hybridized carbons (Fsp3) is 0.381. The molecule has 2 heterocycles. The van der Waals surface area contributed by atoms with Crippen molar-refractivity contribution in [2.24, 2.45) is 0 Å². The third-order valence-corrected chi connectivity index (χ3v) is 14.8. The van der Waals surface area contributed by atoms with Crippen molar-refractivity contribution in [3.8, 4) is 0 Å². The zero-order valence-corrected chi connectivity index (χ0v) is 29.6. The molecule has 2 aliphatic heterocycles. The number of hydrogen-bond acceptors (Lipinski definition) is 5. The molecule has 0 N–H and O–H groups in total. The van der Waals surface area contributed by atoms with Gasteiger partial charge in [-0.15, -0.1) is 0 Å². The van der Waals surface area contributed by atoms with Crippen molar-refractivity contribution < 1.29 is 23.4 Å². The molecule has 0 unspecified atom stereocenters. The number of benzene rings is 4. The second-order valence-electron chi connectivity index (χ2n) is 14.1. The monoisotopic (exact) mass is 662 g/mol. The largest absolute Gasteiger partial charge is 0.404 e. The van der Waals surface area contributed by atoms with Gasteiger partial charge in [0.05, 0.1) is 44.7 Å². The molecule has 5 atom stereocenters. The number of ether oxygens (including phenoxy) is 4. The molecule has 48 heavy (non-hydrogen) atoms. The molecule has 0 spiro atoms. The average Bonchev–Trinajstić information content (AvgIpc) is 3.26. The van der Waals surface area contributed by atoms with Crippen LogP contribution < -0.4 is 10.4 Å². The Morgan fingerprint density at radius 3 is 1.79 bits per heavy atom. The van der Waals surface area contributed by atoms with Crippen molar-refractivity contribution in [2.75, 3.05) is 13.2 Å². The lowest BCUT2D eigenvalue weighted by Crippen LogP contribution is -2.67. The Kier molecular flexibility index (Phi) is 11.4. The van der Waals surface area contributed by atoms with Gasteiger partial charge in [-0.2, -0.15) is 0 Å². The van der Waals surface area contributed by atoms with Gasteiger partial charge in [0.25, 0.3) is 8.32 Å². The van der Waals surface area contributed by atoms with Gasteiger partial charge in [0.2, 0.25) is 0 Å². The second kappa shape index (κ2) is 15.9. The van der Waals surface area contributed by atoms with Crippen LogP contribution >= 0.6 is 0 Å². The number of fused-ring (bicyclic) bond motifs is 1. The summed E-state index contributed by atoms with van der Waals surface area (Å²) in [5, 5.41) is 2.39. The summed E-state index contributed by atoms with van der Waals surface area (Å²) in [7, 11) is -2.73. The predicted octanol–water partition coefficient (Wildman–Crippen LogP) is 7.63. The summed E-state index contributed by atoms with van der Waals surface area (Å²) < 4.78 is 33.9. The Morgan fingerprint density at radius 2 is 1.23 bits per heavy atom. The van der Waals surface area contributed by atoms with Crippen LogP contribution in [0.2, 0.25) is 5.04 Å². The smallest absolute Gasteiger partial charge is 0.261 e. The van der Waals surface area contributed by atoms with E-state index in [9.17, 15) is 0 Å². The van der Waals surface area contributed by atoms with Crippen molar-refractivity contribution >= 4 is 18.7 Å². The fourth-order valence-electron chi connectivity index (χ4n) is 7.21. The first-order valence-corrected chi connectivity index (χ1v) is 19.2. The summed E-state index contributed by atoms with van der Waals surface area (Å²) >= 11 is 0. The lowest BCUT2D eigenvalue weighted by molar-refractivity contribution is -0.217. The van der Waals surface area contributed by atoms with Crippen LogP contribution in [0.4, 0.5) is 0 Å². The van der Waals surface area contributed by atoms with E-state index in [1.165, 1.54) is 10.4 Å². The average molecular weight is 663 g/mol. The SMILES string of the molecule is C=C1CC[C@@H]2O[C@H](COCc3ccccc3)[C@@H](OCc3ccccc3)C[C@H]2O[C@H]1CO[Si](c1ccccc1)(c1ccccc1)C(C)(C)C. The van der Waals surface area contributed by atoms with E-state index < -0.39 is 8.32 Å². The maximum atomic E-state index is 7.32. The van der Waals surface area contributed by atoms with Crippen LogP contribution in [0.15, 0.2) is 133 Å². The molecule has 0 radical (unpaired) electrons. The Bertz CT molecular complexity index is 1520. The van der Waals surface area contributed by atoms with Crippen LogP contribution in [-0.4, -0.2) is 52.1 Å². The van der Waals surface area contributed by atoms with E-state index in [1.54, 1.807) is 0 Å². The fourth-order valence-corrected chi connectivity index (χ4v) is 11.8. The van der Waals surface area contributed by atoms with Gasteiger partial charge in [0.15, 0.2) is 0 Å². The topological polar surface area (TPSA) is 46.2 Å². The molecule has 2 saturated heterocycles. The molecule has 5 nitrogen and oxygen atoms in total. The summed E-state index contributed by atoms with van der Waals surface area (Å²) in [5.41, 5.74) is 3.34. The third-order valence-electron chi connectivity index (χ3n) is 9.76. The minimum atomic E-state index is -2.73. The van der Waals surface area contributed by atoms with E-state index in [-0.39, 0.29) is 35.6 Å². The lowest BCUT2D eigenvalue weighted by Gasteiger charge is -2.44. The molecule has 0 aliphatic carbocycles. The maximum Gasteiger partial charge on any atom is 0.261 e. The second-order valence-corrected chi connectivity index (χ2v) is 18.4. The molecule has 0 amide bonds. The molecule has 2 aliphatic rings. The van der Waals surface area contributed by atoms with Gasteiger partial charge in [-0.05, 0) is 45.0 Å². The first-order chi connectivity index (χ1) is 23.3. The summed E-state index contributed by atoms with van der Waals surface area (Å²) in [6.45, 7) is 13.4. The van der Waals surface area contributed by atoms with Crippen molar-refractivity contribution in [2.45, 2.75) is 88.8 Å². The molecule has 6 rings (SSSR count). The van der Waals surface area contributed by atoms with Gasteiger partial charge in [0.1, 0.15) is 12.2 Å². The van der Waals surface area contributed by atoms with Crippen LogP contribution in [0.5, 0.6) is 0 Å². The molecule has 4 aromatic carbocycles. The van der Waals surface area contributed by atoms with Crippen molar-refractivity contribution in [1.29, 1.82) is 0 Å². The van der Waals surface area contributed by atoms with E-state index in [1.807, 2.05) is 36.4 Å². The Balaban J connectivity index is 1.20. The van der Waals surface area contributed by atoms with Gasteiger partial charge in [-0.3, -0.25) is 0 Å². The minimum Gasteiger partial charge on any atom is -0.404 e. The van der Waals surface area contributed by atoms with Crippen LogP contribution in [0.3, 0.4) is 0 Å². The zero-order valence-electron chi connectivity index (χ0n) is 28.6. The summed E-state index contributed by atoms with van der Waals surface area (Å²) in [5.74, 6) is 0. The van der Waals surface area contributed by atoms with Gasteiger partial charge < -0.3 is 23.4 Å². The third kappa shape index (κ3) is 8.08. The van der Waals surface area contributed by atoms with Crippen molar-refractivity contribution in [3.63, 3.8) is 0 Å². The summed E-state index contributed by atoms with van der Waals surface area (Å²) in [4.78, 5) is 0. The highest BCUT2D eigenvalue weighted by molar-refractivity contribution is 6.99. The number of rotatable bonds is 12. The predicted molar refractivity (Wildman–Crippen MR) is 195 cm³/mol. The highest BCUT2D eigenvalue weighted by atomic mass is 28.4. The molecule has 4 aromatic rings. The molecule has 6 heteroatoms. The van der Waals surface area contributed by atoms with Gasteiger partial charge in [0, 0.05) is 6.42 Å². The molecule has 0 aromatic heterocycles. The Hall–Kier alpha value is -3.36. The van der Waals surface area contributed by atoms with Gasteiger partial charge >= 0.3 is 0 Å². The molecule has 2 fully saturated rings. The van der Waals surface area contributed by atoms with Crippen LogP contribution in [0, 0.1) is 0 Å². The highest BCUT2D eigenvalue weighted by Crippen LogP contribution is 2.39.